The van der Waals surface area contributed by atoms with Crippen LogP contribution in [0.4, 0.5) is 33.3 Å². The van der Waals surface area contributed by atoms with Gasteiger partial charge in [0, 0.05) is 18.4 Å². The Morgan fingerprint density at radius 2 is 1.88 bits per heavy atom. The second kappa shape index (κ2) is 5.44. The molecule has 8 heteroatoms. The second-order valence-electron chi connectivity index (χ2n) is 3.07. The van der Waals surface area contributed by atoms with Crippen LogP contribution in [0, 0.1) is 11.6 Å². The minimum Gasteiger partial charge on any atom is -0.395 e. The topological polar surface area (TPSA) is 38.0 Å². The lowest BCUT2D eigenvalue weighted by Crippen LogP contribution is -2.11. The Bertz CT molecular complexity index is 394. The first kappa shape index (κ1) is 13.9. The first-order valence-corrected chi connectivity index (χ1v) is 5.47. The summed E-state index contributed by atoms with van der Waals surface area (Å²) >= 11 is -0.224. The molecule has 0 radical (unpaired) electrons. The Morgan fingerprint density at radius 3 is 2.47 bits per heavy atom. The van der Waals surface area contributed by atoms with Crippen LogP contribution in [-0.4, -0.2) is 17.8 Å². The summed E-state index contributed by atoms with van der Waals surface area (Å²) in [6, 6.07) is 1.53. The summed E-state index contributed by atoms with van der Waals surface area (Å²) in [5, 5.41) is 2.44. The van der Waals surface area contributed by atoms with Gasteiger partial charge in [-0.15, -0.1) is 0 Å². The number of anilines is 2. The van der Waals surface area contributed by atoms with Crippen LogP contribution in [0.3, 0.4) is 0 Å². The Kier molecular flexibility index (Phi) is 4.44. The Morgan fingerprint density at radius 1 is 1.24 bits per heavy atom. The van der Waals surface area contributed by atoms with Gasteiger partial charge >= 0.3 is 5.51 Å². The smallest absolute Gasteiger partial charge is 0.395 e. The van der Waals surface area contributed by atoms with E-state index >= 15 is 0 Å². The summed E-state index contributed by atoms with van der Waals surface area (Å²) in [6.45, 7) is -0.0999. The first-order chi connectivity index (χ1) is 7.79. The SMILES string of the molecule is Nc1c(F)cc(F)cc1NCCSC(F)(F)F. The minimum absolute atomic E-state index is 0.0507. The van der Waals surface area contributed by atoms with E-state index in [9.17, 15) is 22.0 Å². The summed E-state index contributed by atoms with van der Waals surface area (Å²) in [6.07, 6.45) is 0. The maximum absolute atomic E-state index is 12.9. The average Bonchev–Trinajstić information content (AvgIpc) is 2.18. The zero-order chi connectivity index (χ0) is 13.1. The largest absolute Gasteiger partial charge is 0.441 e. The predicted octanol–water partition coefficient (Wildman–Crippen LogP) is 3.21. The van der Waals surface area contributed by atoms with E-state index in [4.69, 9.17) is 5.73 Å². The molecule has 0 atom stereocenters. The lowest BCUT2D eigenvalue weighted by molar-refractivity contribution is -0.0327. The lowest BCUT2D eigenvalue weighted by Gasteiger charge is -2.10. The number of nitrogens with one attached hydrogen (secondary N) is 1. The van der Waals surface area contributed by atoms with E-state index < -0.39 is 17.1 Å². The van der Waals surface area contributed by atoms with E-state index in [2.05, 4.69) is 5.32 Å². The van der Waals surface area contributed by atoms with Gasteiger partial charge in [0.1, 0.15) is 5.82 Å². The van der Waals surface area contributed by atoms with Crippen molar-refractivity contribution in [2.75, 3.05) is 23.3 Å². The van der Waals surface area contributed by atoms with Gasteiger partial charge in [-0.25, -0.2) is 8.78 Å². The molecule has 0 saturated carbocycles. The number of hydrogen-bond donors (Lipinski definition) is 2. The minimum atomic E-state index is -4.32. The second-order valence-corrected chi connectivity index (χ2v) is 4.23. The molecule has 17 heavy (non-hydrogen) atoms. The van der Waals surface area contributed by atoms with Crippen LogP contribution in [0.25, 0.3) is 0 Å². The molecular formula is C9H9F5N2S. The van der Waals surface area contributed by atoms with Crippen molar-refractivity contribution in [3.63, 3.8) is 0 Å². The molecule has 0 aliphatic carbocycles. The van der Waals surface area contributed by atoms with Crippen molar-refractivity contribution in [1.82, 2.24) is 0 Å². The van der Waals surface area contributed by atoms with Gasteiger partial charge in [0.25, 0.3) is 0 Å². The lowest BCUT2D eigenvalue weighted by atomic mass is 10.2. The summed E-state index contributed by atoms with van der Waals surface area (Å²) < 4.78 is 61.1. The van der Waals surface area contributed by atoms with Crippen molar-refractivity contribution < 1.29 is 22.0 Å². The van der Waals surface area contributed by atoms with Crippen LogP contribution in [-0.2, 0) is 0 Å². The van der Waals surface area contributed by atoms with Gasteiger partial charge < -0.3 is 11.1 Å². The number of thioether (sulfide) groups is 1. The van der Waals surface area contributed by atoms with E-state index in [0.717, 1.165) is 6.07 Å². The van der Waals surface area contributed by atoms with E-state index in [1.807, 2.05) is 0 Å². The van der Waals surface area contributed by atoms with Gasteiger partial charge in [0.2, 0.25) is 0 Å². The molecule has 0 bridgehead atoms. The summed E-state index contributed by atoms with van der Waals surface area (Å²) in [4.78, 5) is 0. The third kappa shape index (κ3) is 4.68. The van der Waals surface area contributed by atoms with Gasteiger partial charge in [0.05, 0.1) is 11.4 Å². The third-order valence-corrected chi connectivity index (χ3v) is 2.51. The number of halogens is 5. The Balaban J connectivity index is 2.52. The Labute approximate surface area is 98.4 Å². The molecule has 0 aliphatic heterocycles. The fourth-order valence-electron chi connectivity index (χ4n) is 1.08. The van der Waals surface area contributed by atoms with Gasteiger partial charge in [-0.05, 0) is 17.8 Å². The fraction of sp³-hybridized carbons (Fsp3) is 0.333. The zero-order valence-corrected chi connectivity index (χ0v) is 9.26. The molecule has 0 unspecified atom stereocenters. The quantitative estimate of drug-likeness (QED) is 0.502. The zero-order valence-electron chi connectivity index (χ0n) is 8.44. The maximum Gasteiger partial charge on any atom is 0.441 e. The first-order valence-electron chi connectivity index (χ1n) is 4.48. The van der Waals surface area contributed by atoms with Crippen molar-refractivity contribution in [1.29, 1.82) is 0 Å². The van der Waals surface area contributed by atoms with Crippen molar-refractivity contribution in [2.45, 2.75) is 5.51 Å². The average molecular weight is 272 g/mol. The summed E-state index contributed by atoms with van der Waals surface area (Å²) in [5.74, 6) is -2.07. The van der Waals surface area contributed by atoms with Gasteiger partial charge in [-0.3, -0.25) is 0 Å². The van der Waals surface area contributed by atoms with Crippen LogP contribution in [0.5, 0.6) is 0 Å². The Hall–Kier alpha value is -1.18. The normalized spacial score (nSPS) is 11.6. The summed E-state index contributed by atoms with van der Waals surface area (Å²) in [5.41, 5.74) is 0.600. The van der Waals surface area contributed by atoms with E-state index in [-0.39, 0.29) is 35.4 Å². The number of rotatable bonds is 4. The van der Waals surface area contributed by atoms with Crippen LogP contribution in [0.1, 0.15) is 0 Å². The number of nitrogen functional groups attached to an aromatic ring is 1. The molecule has 0 amide bonds. The molecule has 0 heterocycles. The fourth-order valence-corrected chi connectivity index (χ4v) is 1.52. The molecule has 0 spiro atoms. The molecule has 1 aromatic carbocycles. The van der Waals surface area contributed by atoms with Gasteiger partial charge in [0.15, 0.2) is 5.82 Å². The van der Waals surface area contributed by atoms with Crippen LogP contribution in [0.15, 0.2) is 12.1 Å². The molecule has 0 saturated heterocycles. The highest BCUT2D eigenvalue weighted by Gasteiger charge is 2.27. The molecule has 1 rings (SSSR count). The highest BCUT2D eigenvalue weighted by molar-refractivity contribution is 8.00. The summed E-state index contributed by atoms with van der Waals surface area (Å²) in [7, 11) is 0. The van der Waals surface area contributed by atoms with Gasteiger partial charge in [-0.1, -0.05) is 0 Å². The standard InChI is InChI=1S/C9H9F5N2S/c10-5-3-6(11)8(15)7(4-5)16-1-2-17-9(12,13)14/h3-4,16H,1-2,15H2. The molecule has 0 aliphatic rings. The third-order valence-electron chi connectivity index (χ3n) is 1.78. The van der Waals surface area contributed by atoms with Crippen LogP contribution in [0.2, 0.25) is 0 Å². The molecule has 0 fully saturated rings. The molecule has 1 aromatic rings. The number of alkyl halides is 3. The molecule has 3 N–H and O–H groups in total. The van der Waals surface area contributed by atoms with E-state index in [1.54, 1.807) is 0 Å². The highest BCUT2D eigenvalue weighted by atomic mass is 32.2. The van der Waals surface area contributed by atoms with Crippen LogP contribution >= 0.6 is 11.8 Å². The maximum atomic E-state index is 12.9. The van der Waals surface area contributed by atoms with Crippen molar-refractivity contribution in [2.24, 2.45) is 0 Å². The molecular weight excluding hydrogens is 263 g/mol. The monoisotopic (exact) mass is 272 g/mol. The number of nitrogens with two attached hydrogens (primary N) is 1. The van der Waals surface area contributed by atoms with E-state index in [1.165, 1.54) is 0 Å². The molecule has 96 valence electrons. The number of hydrogen-bond acceptors (Lipinski definition) is 3. The highest BCUT2D eigenvalue weighted by Crippen LogP contribution is 2.30. The van der Waals surface area contributed by atoms with Crippen LogP contribution < -0.4 is 11.1 Å². The van der Waals surface area contributed by atoms with E-state index in [0.29, 0.717) is 6.07 Å². The van der Waals surface area contributed by atoms with Crippen molar-refractivity contribution in [3.8, 4) is 0 Å². The molecule has 0 aromatic heterocycles. The van der Waals surface area contributed by atoms with Crippen molar-refractivity contribution in [3.05, 3.63) is 23.8 Å². The molecule has 2 nitrogen and oxygen atoms in total. The number of benzene rings is 1. The predicted molar refractivity (Wildman–Crippen MR) is 57.8 cm³/mol. The van der Waals surface area contributed by atoms with Gasteiger partial charge in [-0.2, -0.15) is 13.2 Å². The van der Waals surface area contributed by atoms with Crippen molar-refractivity contribution >= 4 is 23.1 Å².